The van der Waals surface area contributed by atoms with Crippen LogP contribution in [0.1, 0.15) is 28.1 Å². The number of carbonyl (C=O) groups is 2. The fourth-order valence-corrected chi connectivity index (χ4v) is 3.67. The summed E-state index contributed by atoms with van der Waals surface area (Å²) < 4.78 is 2.13. The lowest BCUT2D eigenvalue weighted by Crippen LogP contribution is -2.32. The largest absolute Gasteiger partial charge is 0.329 e. The number of hydrogen-bond donors (Lipinski definition) is 2. The van der Waals surface area contributed by atoms with E-state index in [-0.39, 0.29) is 5.02 Å². The molecule has 0 unspecified atom stereocenters. The first-order chi connectivity index (χ1) is 14.7. The molecule has 1 aromatic heterocycles. The van der Waals surface area contributed by atoms with Gasteiger partial charge in [0.25, 0.3) is 0 Å². The van der Waals surface area contributed by atoms with Crippen molar-refractivity contribution in [3.63, 3.8) is 0 Å². The van der Waals surface area contributed by atoms with Crippen LogP contribution in [0.3, 0.4) is 0 Å². The summed E-state index contributed by atoms with van der Waals surface area (Å²) in [5.74, 6) is -1.76. The van der Waals surface area contributed by atoms with Crippen LogP contribution in [0.5, 0.6) is 0 Å². The lowest BCUT2D eigenvalue weighted by molar-refractivity contribution is -0.136. The number of halogens is 2. The van der Waals surface area contributed by atoms with E-state index in [0.717, 1.165) is 22.6 Å². The van der Waals surface area contributed by atoms with Gasteiger partial charge in [0.15, 0.2) is 0 Å². The van der Waals surface area contributed by atoms with Crippen LogP contribution in [0.4, 0.5) is 5.69 Å². The van der Waals surface area contributed by atoms with E-state index in [2.05, 4.69) is 52.5 Å². The summed E-state index contributed by atoms with van der Waals surface area (Å²) in [6.45, 7) is 8.10. The normalized spacial score (nSPS) is 11.0. The Bertz CT molecular complexity index is 1180. The summed E-state index contributed by atoms with van der Waals surface area (Å²) in [4.78, 5) is 24.1. The highest BCUT2D eigenvalue weighted by Crippen LogP contribution is 2.25. The predicted octanol–water partition coefficient (Wildman–Crippen LogP) is 5.11. The molecule has 2 aromatic carbocycles. The smallest absolute Gasteiger partial charge is 0.318 e. The summed E-state index contributed by atoms with van der Waals surface area (Å²) in [5.41, 5.74) is 8.87. The fourth-order valence-electron chi connectivity index (χ4n) is 3.37. The topological polar surface area (TPSA) is 75.5 Å². The molecule has 0 aliphatic heterocycles. The van der Waals surface area contributed by atoms with Gasteiger partial charge in [0.05, 0.1) is 16.3 Å². The molecule has 0 saturated carbocycles. The van der Waals surface area contributed by atoms with Gasteiger partial charge in [-0.3, -0.25) is 9.59 Å². The number of aromatic nitrogens is 1. The molecule has 0 aliphatic rings. The van der Waals surface area contributed by atoms with Crippen LogP contribution in [0.25, 0.3) is 5.69 Å². The SMILES string of the molecule is Cc1cc(C)cc(-n2c(C)cc(/C=N\NC(=O)C(=O)Nc3ccc(Cl)c(Cl)c3)c2C)c1. The zero-order valence-corrected chi connectivity index (χ0v) is 19.1. The second-order valence-corrected chi connectivity index (χ2v) is 8.10. The Morgan fingerprint density at radius 1 is 0.903 bits per heavy atom. The average Bonchev–Trinajstić information content (AvgIpc) is 2.97. The van der Waals surface area contributed by atoms with Gasteiger partial charge in [-0.15, -0.1) is 0 Å². The first-order valence-electron chi connectivity index (χ1n) is 9.52. The Balaban J connectivity index is 1.70. The fraction of sp³-hybridized carbons (Fsp3) is 0.174. The molecule has 2 amide bonds. The molecule has 0 spiro atoms. The third kappa shape index (κ3) is 5.34. The van der Waals surface area contributed by atoms with Crippen LogP contribution in [-0.2, 0) is 9.59 Å². The number of hydrazone groups is 1. The number of nitrogens with one attached hydrogen (secondary N) is 2. The molecule has 0 radical (unpaired) electrons. The molecule has 0 atom stereocenters. The third-order valence-corrected chi connectivity index (χ3v) is 5.43. The van der Waals surface area contributed by atoms with Crippen molar-refractivity contribution in [1.82, 2.24) is 9.99 Å². The minimum atomic E-state index is -0.898. The average molecular weight is 457 g/mol. The van der Waals surface area contributed by atoms with Crippen LogP contribution >= 0.6 is 23.2 Å². The molecule has 8 heteroatoms. The van der Waals surface area contributed by atoms with Crippen molar-refractivity contribution in [3.05, 3.63) is 80.6 Å². The minimum absolute atomic E-state index is 0.275. The second-order valence-electron chi connectivity index (χ2n) is 7.29. The summed E-state index contributed by atoms with van der Waals surface area (Å²) in [6, 6.07) is 12.9. The van der Waals surface area contributed by atoms with E-state index < -0.39 is 11.8 Å². The number of hydrogen-bond acceptors (Lipinski definition) is 3. The molecule has 0 fully saturated rings. The number of anilines is 1. The maximum atomic E-state index is 12.0. The lowest BCUT2D eigenvalue weighted by Gasteiger charge is -2.11. The van der Waals surface area contributed by atoms with Crippen molar-refractivity contribution in [2.45, 2.75) is 27.7 Å². The van der Waals surface area contributed by atoms with E-state index in [9.17, 15) is 9.59 Å². The molecule has 160 valence electrons. The number of aryl methyl sites for hydroxylation is 3. The van der Waals surface area contributed by atoms with Gasteiger partial charge in [0, 0.05) is 28.3 Å². The van der Waals surface area contributed by atoms with Gasteiger partial charge in [-0.25, -0.2) is 5.43 Å². The Labute approximate surface area is 190 Å². The number of carbonyl (C=O) groups excluding carboxylic acids is 2. The molecule has 3 rings (SSSR count). The number of amides is 2. The highest BCUT2D eigenvalue weighted by atomic mass is 35.5. The van der Waals surface area contributed by atoms with Crippen molar-refractivity contribution < 1.29 is 9.59 Å². The molecule has 0 aliphatic carbocycles. The lowest BCUT2D eigenvalue weighted by atomic mass is 10.1. The molecule has 0 saturated heterocycles. The van der Waals surface area contributed by atoms with Gasteiger partial charge in [-0.05, 0) is 75.2 Å². The highest BCUT2D eigenvalue weighted by molar-refractivity contribution is 6.42. The van der Waals surface area contributed by atoms with Crippen LogP contribution < -0.4 is 10.7 Å². The monoisotopic (exact) mass is 456 g/mol. The van der Waals surface area contributed by atoms with Gasteiger partial charge in [-0.1, -0.05) is 29.3 Å². The van der Waals surface area contributed by atoms with E-state index in [1.165, 1.54) is 29.5 Å². The maximum absolute atomic E-state index is 12.0. The number of rotatable bonds is 4. The summed E-state index contributed by atoms with van der Waals surface area (Å²) >= 11 is 11.8. The molecule has 1 heterocycles. The first kappa shape index (κ1) is 22.6. The van der Waals surface area contributed by atoms with E-state index >= 15 is 0 Å². The molecule has 0 bridgehead atoms. The van der Waals surface area contributed by atoms with Gasteiger partial charge in [-0.2, -0.15) is 5.10 Å². The van der Waals surface area contributed by atoms with Crippen molar-refractivity contribution >= 4 is 46.9 Å². The van der Waals surface area contributed by atoms with Gasteiger partial charge >= 0.3 is 11.8 Å². The van der Waals surface area contributed by atoms with E-state index in [1.54, 1.807) is 6.07 Å². The van der Waals surface area contributed by atoms with Gasteiger partial charge < -0.3 is 9.88 Å². The summed E-state index contributed by atoms with van der Waals surface area (Å²) in [6.07, 6.45) is 1.52. The standard InChI is InChI=1S/C23H22Cl2N4O2/c1-13-7-14(2)9-19(8-13)29-15(3)10-17(16(29)4)12-26-28-23(31)22(30)27-18-5-6-20(24)21(25)11-18/h5-12H,1-4H3,(H,27,30)(H,28,31)/b26-12-. The Morgan fingerprint density at radius 3 is 2.23 bits per heavy atom. The molecular formula is C23H22Cl2N4O2. The molecular weight excluding hydrogens is 435 g/mol. The minimum Gasteiger partial charge on any atom is -0.318 e. The Kier molecular flexibility index (Phi) is 6.83. The first-order valence-corrected chi connectivity index (χ1v) is 10.3. The van der Waals surface area contributed by atoms with Crippen molar-refractivity contribution in [2.24, 2.45) is 5.10 Å². The third-order valence-electron chi connectivity index (χ3n) is 4.69. The molecule has 6 nitrogen and oxygen atoms in total. The van der Waals surface area contributed by atoms with Crippen molar-refractivity contribution in [2.75, 3.05) is 5.32 Å². The Hall–Kier alpha value is -3.09. The molecule has 2 N–H and O–H groups in total. The van der Waals surface area contributed by atoms with Crippen LogP contribution in [0.15, 0.2) is 47.6 Å². The van der Waals surface area contributed by atoms with E-state index in [0.29, 0.717) is 10.7 Å². The zero-order chi connectivity index (χ0) is 22.7. The molecule has 31 heavy (non-hydrogen) atoms. The highest BCUT2D eigenvalue weighted by Gasteiger charge is 2.14. The van der Waals surface area contributed by atoms with Gasteiger partial charge in [0.2, 0.25) is 0 Å². The number of nitrogens with zero attached hydrogens (tertiary/aromatic N) is 2. The van der Waals surface area contributed by atoms with Crippen molar-refractivity contribution in [1.29, 1.82) is 0 Å². The Morgan fingerprint density at radius 2 is 1.58 bits per heavy atom. The van der Waals surface area contributed by atoms with Crippen LogP contribution in [0, 0.1) is 27.7 Å². The van der Waals surface area contributed by atoms with Crippen LogP contribution in [-0.4, -0.2) is 22.6 Å². The number of benzene rings is 2. The second kappa shape index (κ2) is 9.37. The predicted molar refractivity (Wildman–Crippen MR) is 126 cm³/mol. The molecule has 3 aromatic rings. The maximum Gasteiger partial charge on any atom is 0.329 e. The summed E-state index contributed by atoms with van der Waals surface area (Å²) in [7, 11) is 0. The van der Waals surface area contributed by atoms with Gasteiger partial charge in [0.1, 0.15) is 0 Å². The zero-order valence-electron chi connectivity index (χ0n) is 17.6. The van der Waals surface area contributed by atoms with Crippen LogP contribution in [0.2, 0.25) is 10.0 Å². The van der Waals surface area contributed by atoms with E-state index in [4.69, 9.17) is 23.2 Å². The van der Waals surface area contributed by atoms with E-state index in [1.807, 2.05) is 19.9 Å². The van der Waals surface area contributed by atoms with Crippen molar-refractivity contribution in [3.8, 4) is 5.69 Å². The summed E-state index contributed by atoms with van der Waals surface area (Å²) in [5, 5.41) is 7.01. The quantitative estimate of drug-likeness (QED) is 0.325.